The topological polar surface area (TPSA) is 46.9 Å². The predicted octanol–water partition coefficient (Wildman–Crippen LogP) is 3.23. The van der Waals surface area contributed by atoms with Crippen LogP contribution in [0.5, 0.6) is 0 Å². The van der Waals surface area contributed by atoms with Crippen molar-refractivity contribution in [3.63, 3.8) is 0 Å². The zero-order valence-corrected chi connectivity index (χ0v) is 13.7. The number of hydrogen-bond acceptors (Lipinski definition) is 3. The minimum Gasteiger partial charge on any atom is -0.355 e. The van der Waals surface area contributed by atoms with Crippen LogP contribution in [-0.2, 0) is 4.79 Å². The third kappa shape index (κ3) is 3.19. The number of amides is 1. The standard InChI is InChI=1S/C15H25N3OS/c1-5-16-14(19)12(4)20-15-17-10(2)11(3)18(15)13-8-6-7-9-13/h12-13H,5-9H2,1-4H3,(H,16,19). The van der Waals surface area contributed by atoms with Crippen molar-refractivity contribution >= 4 is 17.7 Å². The van der Waals surface area contributed by atoms with Crippen LogP contribution in [0.3, 0.4) is 0 Å². The molecule has 1 heterocycles. The van der Waals surface area contributed by atoms with Crippen molar-refractivity contribution in [1.29, 1.82) is 0 Å². The van der Waals surface area contributed by atoms with Gasteiger partial charge in [-0.05, 0) is 40.5 Å². The molecule has 1 aliphatic carbocycles. The quantitative estimate of drug-likeness (QED) is 0.848. The lowest BCUT2D eigenvalue weighted by atomic mass is 10.2. The highest BCUT2D eigenvalue weighted by molar-refractivity contribution is 8.00. The van der Waals surface area contributed by atoms with Gasteiger partial charge < -0.3 is 9.88 Å². The van der Waals surface area contributed by atoms with Gasteiger partial charge in [-0.15, -0.1) is 0 Å². The maximum atomic E-state index is 11.9. The molecule has 1 aromatic heterocycles. The van der Waals surface area contributed by atoms with E-state index in [1.54, 1.807) is 11.8 Å². The molecule has 4 nitrogen and oxygen atoms in total. The Kier molecular flexibility index (Phi) is 5.13. The summed E-state index contributed by atoms with van der Waals surface area (Å²) in [5, 5.41) is 3.78. The SMILES string of the molecule is CCNC(=O)C(C)Sc1nc(C)c(C)n1C1CCCC1. The van der Waals surface area contributed by atoms with E-state index in [0.29, 0.717) is 12.6 Å². The Morgan fingerprint density at radius 2 is 2.10 bits per heavy atom. The molecule has 0 bridgehead atoms. The molecule has 0 aromatic carbocycles. The number of rotatable bonds is 5. The molecule has 0 spiro atoms. The van der Waals surface area contributed by atoms with E-state index in [4.69, 9.17) is 0 Å². The van der Waals surface area contributed by atoms with Crippen molar-refractivity contribution in [2.75, 3.05) is 6.54 Å². The van der Waals surface area contributed by atoms with Crippen molar-refractivity contribution in [2.24, 2.45) is 0 Å². The van der Waals surface area contributed by atoms with Crippen LogP contribution in [-0.4, -0.2) is 27.3 Å². The van der Waals surface area contributed by atoms with Gasteiger partial charge in [0.15, 0.2) is 5.16 Å². The lowest BCUT2D eigenvalue weighted by Crippen LogP contribution is -2.30. The van der Waals surface area contributed by atoms with Gasteiger partial charge in [-0.2, -0.15) is 0 Å². The lowest BCUT2D eigenvalue weighted by molar-refractivity contribution is -0.120. The maximum absolute atomic E-state index is 11.9. The lowest BCUT2D eigenvalue weighted by Gasteiger charge is -2.18. The molecular formula is C15H25N3OS. The molecule has 112 valence electrons. The predicted molar refractivity (Wildman–Crippen MR) is 83.2 cm³/mol. The number of aryl methyl sites for hydroxylation is 1. The normalized spacial score (nSPS) is 17.4. The molecule has 1 atom stereocenters. The highest BCUT2D eigenvalue weighted by Crippen LogP contribution is 2.36. The fraction of sp³-hybridized carbons (Fsp3) is 0.733. The molecule has 2 rings (SSSR count). The molecule has 1 saturated carbocycles. The summed E-state index contributed by atoms with van der Waals surface area (Å²) in [7, 11) is 0. The molecule has 1 aromatic rings. The Hall–Kier alpha value is -0.970. The summed E-state index contributed by atoms with van der Waals surface area (Å²) >= 11 is 1.58. The Bertz CT molecular complexity index is 478. The number of carbonyl (C=O) groups is 1. The molecule has 1 amide bonds. The van der Waals surface area contributed by atoms with Gasteiger partial charge in [0.1, 0.15) is 0 Å². The van der Waals surface area contributed by atoms with Crippen LogP contribution in [0.1, 0.15) is 57.0 Å². The maximum Gasteiger partial charge on any atom is 0.233 e. The van der Waals surface area contributed by atoms with Gasteiger partial charge in [0, 0.05) is 18.3 Å². The van der Waals surface area contributed by atoms with Gasteiger partial charge in [0.25, 0.3) is 0 Å². The molecular weight excluding hydrogens is 270 g/mol. The number of imidazole rings is 1. The van der Waals surface area contributed by atoms with E-state index in [-0.39, 0.29) is 11.2 Å². The van der Waals surface area contributed by atoms with Gasteiger partial charge in [0.2, 0.25) is 5.91 Å². The third-order valence-corrected chi connectivity index (χ3v) is 5.11. The minimum absolute atomic E-state index is 0.0915. The molecule has 1 aliphatic rings. The van der Waals surface area contributed by atoms with Crippen molar-refractivity contribution in [1.82, 2.24) is 14.9 Å². The van der Waals surface area contributed by atoms with E-state index in [0.717, 1.165) is 10.9 Å². The smallest absolute Gasteiger partial charge is 0.233 e. The monoisotopic (exact) mass is 295 g/mol. The van der Waals surface area contributed by atoms with E-state index in [9.17, 15) is 4.79 Å². The summed E-state index contributed by atoms with van der Waals surface area (Å²) < 4.78 is 2.36. The van der Waals surface area contributed by atoms with Gasteiger partial charge in [-0.25, -0.2) is 4.98 Å². The van der Waals surface area contributed by atoms with E-state index in [1.165, 1.54) is 31.4 Å². The Morgan fingerprint density at radius 3 is 2.70 bits per heavy atom. The number of aromatic nitrogens is 2. The first kappa shape index (κ1) is 15.4. The number of nitrogens with zero attached hydrogens (tertiary/aromatic N) is 2. The van der Waals surface area contributed by atoms with Crippen molar-refractivity contribution in [3.05, 3.63) is 11.4 Å². The molecule has 20 heavy (non-hydrogen) atoms. The molecule has 0 aliphatic heterocycles. The second-order valence-corrected chi connectivity index (χ2v) is 6.84. The Balaban J connectivity index is 2.18. The van der Waals surface area contributed by atoms with E-state index in [1.807, 2.05) is 13.8 Å². The highest BCUT2D eigenvalue weighted by Gasteiger charge is 2.25. The van der Waals surface area contributed by atoms with E-state index in [2.05, 4.69) is 28.7 Å². The molecule has 1 fully saturated rings. The van der Waals surface area contributed by atoms with E-state index >= 15 is 0 Å². The third-order valence-electron chi connectivity index (χ3n) is 4.05. The zero-order valence-electron chi connectivity index (χ0n) is 12.9. The second-order valence-electron chi connectivity index (χ2n) is 5.53. The summed E-state index contributed by atoms with van der Waals surface area (Å²) in [6, 6.07) is 0.570. The zero-order chi connectivity index (χ0) is 14.7. The summed E-state index contributed by atoms with van der Waals surface area (Å²) in [4.78, 5) is 16.6. The van der Waals surface area contributed by atoms with Crippen LogP contribution in [0, 0.1) is 13.8 Å². The summed E-state index contributed by atoms with van der Waals surface area (Å²) in [5.41, 5.74) is 2.34. The van der Waals surface area contributed by atoms with Crippen LogP contribution < -0.4 is 5.32 Å². The second kappa shape index (κ2) is 6.66. The van der Waals surface area contributed by atoms with Crippen LogP contribution in [0.15, 0.2) is 5.16 Å². The van der Waals surface area contributed by atoms with Gasteiger partial charge >= 0.3 is 0 Å². The first-order chi connectivity index (χ1) is 9.54. The first-order valence-corrected chi connectivity index (χ1v) is 8.42. The summed E-state index contributed by atoms with van der Waals surface area (Å²) in [6.45, 7) is 8.78. The molecule has 1 N–H and O–H groups in total. The fourth-order valence-corrected chi connectivity index (χ4v) is 3.90. The first-order valence-electron chi connectivity index (χ1n) is 7.54. The van der Waals surface area contributed by atoms with Gasteiger partial charge in [0.05, 0.1) is 10.9 Å². The number of carbonyl (C=O) groups excluding carboxylic acids is 1. The van der Waals surface area contributed by atoms with Gasteiger partial charge in [-0.1, -0.05) is 24.6 Å². The van der Waals surface area contributed by atoms with Gasteiger partial charge in [-0.3, -0.25) is 4.79 Å². The van der Waals surface area contributed by atoms with Crippen molar-refractivity contribution < 1.29 is 4.79 Å². The number of thioether (sulfide) groups is 1. The highest BCUT2D eigenvalue weighted by atomic mass is 32.2. The fourth-order valence-electron chi connectivity index (χ4n) is 2.80. The van der Waals surface area contributed by atoms with Crippen LogP contribution >= 0.6 is 11.8 Å². The summed E-state index contributed by atoms with van der Waals surface area (Å²) in [5.74, 6) is 0.0915. The number of nitrogens with one attached hydrogen (secondary N) is 1. The number of hydrogen-bond donors (Lipinski definition) is 1. The molecule has 5 heteroatoms. The molecule has 1 unspecified atom stereocenters. The Morgan fingerprint density at radius 1 is 1.45 bits per heavy atom. The average Bonchev–Trinajstić information content (AvgIpc) is 3.00. The largest absolute Gasteiger partial charge is 0.355 e. The Labute approximate surface area is 125 Å². The molecule has 0 radical (unpaired) electrons. The van der Waals surface area contributed by atoms with Crippen molar-refractivity contribution in [3.8, 4) is 0 Å². The van der Waals surface area contributed by atoms with Crippen LogP contribution in [0.25, 0.3) is 0 Å². The molecule has 0 saturated heterocycles. The van der Waals surface area contributed by atoms with Crippen LogP contribution in [0.4, 0.5) is 0 Å². The van der Waals surface area contributed by atoms with Crippen LogP contribution in [0.2, 0.25) is 0 Å². The van der Waals surface area contributed by atoms with E-state index < -0.39 is 0 Å². The average molecular weight is 295 g/mol. The summed E-state index contributed by atoms with van der Waals surface area (Å²) in [6.07, 6.45) is 5.08. The van der Waals surface area contributed by atoms with Crippen molar-refractivity contribution in [2.45, 2.75) is 69.8 Å². The minimum atomic E-state index is -0.101.